The van der Waals surface area contributed by atoms with Crippen molar-refractivity contribution in [3.05, 3.63) is 28.8 Å². The summed E-state index contributed by atoms with van der Waals surface area (Å²) in [6.45, 7) is 0. The van der Waals surface area contributed by atoms with Crippen LogP contribution in [0.15, 0.2) is 23.1 Å². The van der Waals surface area contributed by atoms with Crippen LogP contribution in [-0.2, 0) is 4.79 Å². The first-order valence-electron chi connectivity index (χ1n) is 4.91. The number of nitrogens with one attached hydrogen (secondary N) is 1. The van der Waals surface area contributed by atoms with Crippen molar-refractivity contribution in [1.82, 2.24) is 5.32 Å². The molecular formula is C11H12ClNO3S. The Morgan fingerprint density at radius 3 is 2.76 bits per heavy atom. The second-order valence-corrected chi connectivity index (χ2v) is 4.79. The standard InChI is InChI=1S/C11H12ClNO3S/c1-13-10(14)4-5-17-7-2-3-9(12)8(6-7)11(15)16/h2-3,6H,4-5H2,1H3,(H,13,14)(H,15,16). The van der Waals surface area contributed by atoms with Gasteiger partial charge in [-0.15, -0.1) is 11.8 Å². The fourth-order valence-corrected chi connectivity index (χ4v) is 2.23. The minimum Gasteiger partial charge on any atom is -0.478 e. The topological polar surface area (TPSA) is 66.4 Å². The van der Waals surface area contributed by atoms with E-state index in [0.29, 0.717) is 12.2 Å². The summed E-state index contributed by atoms with van der Waals surface area (Å²) in [4.78, 5) is 22.6. The summed E-state index contributed by atoms with van der Waals surface area (Å²) in [6, 6.07) is 4.80. The molecule has 1 rings (SSSR count). The van der Waals surface area contributed by atoms with E-state index in [1.54, 1.807) is 19.2 Å². The Labute approximate surface area is 108 Å². The van der Waals surface area contributed by atoms with E-state index in [-0.39, 0.29) is 16.5 Å². The zero-order valence-corrected chi connectivity index (χ0v) is 10.8. The molecule has 0 aliphatic rings. The molecule has 1 aromatic rings. The van der Waals surface area contributed by atoms with Gasteiger partial charge in [0.1, 0.15) is 0 Å². The Kier molecular flexibility index (Phi) is 5.31. The summed E-state index contributed by atoms with van der Waals surface area (Å²) in [7, 11) is 1.58. The summed E-state index contributed by atoms with van der Waals surface area (Å²) < 4.78 is 0. The fourth-order valence-electron chi connectivity index (χ4n) is 1.14. The zero-order valence-electron chi connectivity index (χ0n) is 9.20. The highest BCUT2D eigenvalue weighted by Crippen LogP contribution is 2.25. The molecule has 0 heterocycles. The van der Waals surface area contributed by atoms with E-state index in [1.807, 2.05) is 0 Å². The van der Waals surface area contributed by atoms with Crippen LogP contribution >= 0.6 is 23.4 Å². The molecule has 0 aliphatic heterocycles. The first-order valence-corrected chi connectivity index (χ1v) is 6.27. The van der Waals surface area contributed by atoms with Gasteiger partial charge in [-0.25, -0.2) is 4.79 Å². The molecule has 0 unspecified atom stereocenters. The highest BCUT2D eigenvalue weighted by molar-refractivity contribution is 7.99. The molecule has 17 heavy (non-hydrogen) atoms. The molecule has 1 amide bonds. The van der Waals surface area contributed by atoms with Crippen molar-refractivity contribution in [1.29, 1.82) is 0 Å². The van der Waals surface area contributed by atoms with Gasteiger partial charge in [0.2, 0.25) is 5.91 Å². The average molecular weight is 274 g/mol. The van der Waals surface area contributed by atoms with Crippen LogP contribution in [0.4, 0.5) is 0 Å². The van der Waals surface area contributed by atoms with Crippen LogP contribution in [0, 0.1) is 0 Å². The second-order valence-electron chi connectivity index (χ2n) is 3.22. The van der Waals surface area contributed by atoms with Gasteiger partial charge in [0.25, 0.3) is 0 Å². The van der Waals surface area contributed by atoms with Crippen molar-refractivity contribution >= 4 is 35.2 Å². The van der Waals surface area contributed by atoms with Crippen LogP contribution in [0.2, 0.25) is 5.02 Å². The second kappa shape index (κ2) is 6.51. The van der Waals surface area contributed by atoms with Crippen molar-refractivity contribution in [3.8, 4) is 0 Å². The molecule has 0 aliphatic carbocycles. The summed E-state index contributed by atoms with van der Waals surface area (Å²) in [5.74, 6) is -0.492. The van der Waals surface area contributed by atoms with Crippen molar-refractivity contribution in [2.24, 2.45) is 0 Å². The van der Waals surface area contributed by atoms with Crippen LogP contribution < -0.4 is 5.32 Å². The number of hydrogen-bond acceptors (Lipinski definition) is 3. The Bertz CT molecular complexity index is 437. The molecule has 4 nitrogen and oxygen atoms in total. The van der Waals surface area contributed by atoms with Gasteiger partial charge in [0.05, 0.1) is 10.6 Å². The van der Waals surface area contributed by atoms with Crippen LogP contribution in [0.25, 0.3) is 0 Å². The number of aromatic carboxylic acids is 1. The van der Waals surface area contributed by atoms with E-state index in [0.717, 1.165) is 4.90 Å². The summed E-state index contributed by atoms with van der Waals surface area (Å²) >= 11 is 7.17. The number of carbonyl (C=O) groups excluding carboxylic acids is 1. The van der Waals surface area contributed by atoms with E-state index in [2.05, 4.69) is 5.32 Å². The Balaban J connectivity index is 2.63. The lowest BCUT2D eigenvalue weighted by Gasteiger charge is -2.04. The fraction of sp³-hybridized carbons (Fsp3) is 0.273. The summed E-state index contributed by atoms with van der Waals surface area (Å²) in [5.41, 5.74) is 0.0802. The third kappa shape index (κ3) is 4.28. The molecule has 0 fully saturated rings. The van der Waals surface area contributed by atoms with E-state index in [9.17, 15) is 9.59 Å². The summed E-state index contributed by atoms with van der Waals surface area (Å²) in [5, 5.41) is 11.6. The van der Waals surface area contributed by atoms with Crippen LogP contribution in [0.1, 0.15) is 16.8 Å². The molecule has 92 valence electrons. The number of halogens is 1. The Hall–Kier alpha value is -1.20. The van der Waals surface area contributed by atoms with Crippen molar-refractivity contribution < 1.29 is 14.7 Å². The molecule has 6 heteroatoms. The van der Waals surface area contributed by atoms with E-state index in [1.165, 1.54) is 17.8 Å². The van der Waals surface area contributed by atoms with Gasteiger partial charge in [0.15, 0.2) is 0 Å². The van der Waals surface area contributed by atoms with E-state index >= 15 is 0 Å². The maximum Gasteiger partial charge on any atom is 0.337 e. The lowest BCUT2D eigenvalue weighted by molar-refractivity contribution is -0.120. The zero-order chi connectivity index (χ0) is 12.8. The molecule has 0 bridgehead atoms. The number of amides is 1. The quantitative estimate of drug-likeness (QED) is 0.808. The van der Waals surface area contributed by atoms with Crippen LogP contribution in [-0.4, -0.2) is 29.8 Å². The minimum atomic E-state index is -1.05. The molecule has 0 atom stereocenters. The molecule has 0 spiro atoms. The first kappa shape index (κ1) is 13.9. The van der Waals surface area contributed by atoms with Gasteiger partial charge in [-0.05, 0) is 18.2 Å². The molecule has 1 aromatic carbocycles. The number of rotatable bonds is 5. The van der Waals surface area contributed by atoms with Gasteiger partial charge < -0.3 is 10.4 Å². The molecule has 2 N–H and O–H groups in total. The maximum atomic E-state index is 11.0. The highest BCUT2D eigenvalue weighted by atomic mass is 35.5. The summed E-state index contributed by atoms with van der Waals surface area (Å²) in [6.07, 6.45) is 0.395. The van der Waals surface area contributed by atoms with Gasteiger partial charge in [-0.2, -0.15) is 0 Å². The first-order chi connectivity index (χ1) is 8.04. The number of benzene rings is 1. The lowest BCUT2D eigenvalue weighted by atomic mass is 10.2. The third-order valence-electron chi connectivity index (χ3n) is 2.04. The third-order valence-corrected chi connectivity index (χ3v) is 3.37. The molecular weight excluding hydrogens is 262 g/mol. The smallest absolute Gasteiger partial charge is 0.337 e. The number of carbonyl (C=O) groups is 2. The Morgan fingerprint density at radius 2 is 2.18 bits per heavy atom. The van der Waals surface area contributed by atoms with Crippen molar-refractivity contribution in [2.45, 2.75) is 11.3 Å². The number of hydrogen-bond donors (Lipinski definition) is 2. The number of thioether (sulfide) groups is 1. The lowest BCUT2D eigenvalue weighted by Crippen LogP contribution is -2.17. The SMILES string of the molecule is CNC(=O)CCSc1ccc(Cl)c(C(=O)O)c1. The van der Waals surface area contributed by atoms with Crippen molar-refractivity contribution in [3.63, 3.8) is 0 Å². The maximum absolute atomic E-state index is 11.0. The number of carboxylic acid groups (broad SMARTS) is 1. The van der Waals surface area contributed by atoms with E-state index in [4.69, 9.17) is 16.7 Å². The largest absolute Gasteiger partial charge is 0.478 e. The van der Waals surface area contributed by atoms with Crippen LogP contribution in [0.3, 0.4) is 0 Å². The molecule has 0 radical (unpaired) electrons. The van der Waals surface area contributed by atoms with Gasteiger partial charge in [-0.3, -0.25) is 4.79 Å². The van der Waals surface area contributed by atoms with Gasteiger partial charge in [-0.1, -0.05) is 11.6 Å². The van der Waals surface area contributed by atoms with E-state index < -0.39 is 5.97 Å². The normalized spacial score (nSPS) is 10.0. The number of carboxylic acids is 1. The molecule has 0 aromatic heterocycles. The predicted octanol–water partition coefficient (Wildman–Crippen LogP) is 2.27. The Morgan fingerprint density at radius 1 is 1.47 bits per heavy atom. The van der Waals surface area contributed by atoms with Crippen LogP contribution in [0.5, 0.6) is 0 Å². The molecule has 0 saturated heterocycles. The predicted molar refractivity (Wildman–Crippen MR) is 67.8 cm³/mol. The monoisotopic (exact) mass is 273 g/mol. The highest BCUT2D eigenvalue weighted by Gasteiger charge is 2.09. The minimum absolute atomic E-state index is 0.0371. The molecule has 0 saturated carbocycles. The van der Waals surface area contributed by atoms with Crippen molar-refractivity contribution in [2.75, 3.05) is 12.8 Å². The average Bonchev–Trinajstić information content (AvgIpc) is 2.30. The van der Waals surface area contributed by atoms with Gasteiger partial charge >= 0.3 is 5.97 Å². The van der Waals surface area contributed by atoms with Gasteiger partial charge in [0, 0.05) is 24.1 Å².